The van der Waals surface area contributed by atoms with Gasteiger partial charge in [0.25, 0.3) is 0 Å². The number of aliphatic hydroxyl groups is 2. The molecule has 0 saturated heterocycles. The summed E-state index contributed by atoms with van der Waals surface area (Å²) in [4.78, 5) is 0. The lowest BCUT2D eigenvalue weighted by molar-refractivity contribution is -0.626. The van der Waals surface area contributed by atoms with Crippen molar-refractivity contribution in [2.75, 3.05) is 0 Å². The fourth-order valence-corrected chi connectivity index (χ4v) is 0.824. The molecule has 0 amide bonds. The fourth-order valence-electron chi connectivity index (χ4n) is 0.824. The van der Waals surface area contributed by atoms with Crippen LogP contribution in [0.15, 0.2) is 18.2 Å². The van der Waals surface area contributed by atoms with Gasteiger partial charge in [-0.25, -0.2) is 0 Å². The molecule has 4 nitrogen and oxygen atoms in total. The molecule has 1 aromatic heterocycles. The average molecular weight is 155 g/mol. The molecule has 0 aliphatic rings. The Labute approximate surface area is 63.9 Å². The second-order valence-corrected chi connectivity index (χ2v) is 2.12. The van der Waals surface area contributed by atoms with Gasteiger partial charge in [0.2, 0.25) is 11.4 Å². The third-order valence-electron chi connectivity index (χ3n) is 1.42. The van der Waals surface area contributed by atoms with E-state index in [9.17, 15) is 5.21 Å². The number of nitrogens with zero attached hydrogens (tertiary/aromatic N) is 1. The molecule has 1 aromatic rings. The van der Waals surface area contributed by atoms with Gasteiger partial charge < -0.3 is 15.4 Å². The van der Waals surface area contributed by atoms with Gasteiger partial charge in [0.05, 0.1) is 0 Å². The minimum Gasteiger partial charge on any atom is -0.618 e. The summed E-state index contributed by atoms with van der Waals surface area (Å²) in [7, 11) is 0. The van der Waals surface area contributed by atoms with Gasteiger partial charge in [-0.3, -0.25) is 0 Å². The molecule has 11 heavy (non-hydrogen) atoms. The lowest BCUT2D eigenvalue weighted by Gasteiger charge is -2.04. The van der Waals surface area contributed by atoms with Gasteiger partial charge in [-0.15, -0.1) is 0 Å². The van der Waals surface area contributed by atoms with Crippen molar-refractivity contribution in [3.63, 3.8) is 0 Å². The minimum atomic E-state index is -0.308. The molecular weight excluding hydrogens is 146 g/mol. The Morgan fingerprint density at radius 2 is 1.64 bits per heavy atom. The largest absolute Gasteiger partial charge is 0.618 e. The second kappa shape index (κ2) is 3.32. The van der Waals surface area contributed by atoms with Crippen LogP contribution in [-0.2, 0) is 13.2 Å². The Morgan fingerprint density at radius 3 is 2.00 bits per heavy atom. The molecule has 60 valence electrons. The van der Waals surface area contributed by atoms with Crippen molar-refractivity contribution in [1.82, 2.24) is 0 Å². The molecule has 0 aliphatic carbocycles. The molecule has 0 saturated carbocycles. The Balaban J connectivity index is 3.10. The van der Waals surface area contributed by atoms with Crippen LogP contribution in [0.5, 0.6) is 0 Å². The Morgan fingerprint density at radius 1 is 1.18 bits per heavy atom. The maximum absolute atomic E-state index is 11.0. The molecule has 4 heteroatoms. The van der Waals surface area contributed by atoms with Crippen LogP contribution in [-0.4, -0.2) is 10.2 Å². The second-order valence-electron chi connectivity index (χ2n) is 2.12. The van der Waals surface area contributed by atoms with Crippen LogP contribution in [0.3, 0.4) is 0 Å². The van der Waals surface area contributed by atoms with Crippen LogP contribution in [0.1, 0.15) is 11.4 Å². The number of hydrogen-bond donors (Lipinski definition) is 2. The van der Waals surface area contributed by atoms with Crippen LogP contribution in [0.2, 0.25) is 0 Å². The van der Waals surface area contributed by atoms with E-state index < -0.39 is 0 Å². The monoisotopic (exact) mass is 155 g/mol. The molecule has 0 unspecified atom stereocenters. The minimum absolute atomic E-state index is 0.247. The topological polar surface area (TPSA) is 67.4 Å². The molecule has 1 heterocycles. The molecule has 2 N–H and O–H groups in total. The van der Waals surface area contributed by atoms with E-state index in [-0.39, 0.29) is 24.6 Å². The summed E-state index contributed by atoms with van der Waals surface area (Å²) in [5, 5.41) is 28.3. The third kappa shape index (κ3) is 1.47. The Kier molecular flexibility index (Phi) is 2.40. The zero-order valence-electron chi connectivity index (χ0n) is 5.90. The summed E-state index contributed by atoms with van der Waals surface area (Å²) in [5.41, 5.74) is 0.494. The predicted octanol–water partition coefficient (Wildman–Crippen LogP) is -0.695. The van der Waals surface area contributed by atoms with E-state index in [2.05, 4.69) is 0 Å². The molecule has 0 radical (unpaired) electrons. The highest BCUT2D eigenvalue weighted by atomic mass is 16.5. The summed E-state index contributed by atoms with van der Waals surface area (Å²) in [6.07, 6.45) is 0. The maximum atomic E-state index is 11.0. The Hall–Kier alpha value is -1.13. The van der Waals surface area contributed by atoms with Crippen molar-refractivity contribution < 1.29 is 14.9 Å². The van der Waals surface area contributed by atoms with E-state index >= 15 is 0 Å². The third-order valence-corrected chi connectivity index (χ3v) is 1.42. The van der Waals surface area contributed by atoms with Crippen LogP contribution in [0.25, 0.3) is 0 Å². The first-order chi connectivity index (χ1) is 5.29. The first kappa shape index (κ1) is 7.97. The molecule has 1 rings (SSSR count). The summed E-state index contributed by atoms with van der Waals surface area (Å²) in [6.45, 7) is -0.616. The zero-order chi connectivity index (χ0) is 8.27. The van der Waals surface area contributed by atoms with E-state index in [4.69, 9.17) is 10.2 Å². The van der Waals surface area contributed by atoms with Crippen LogP contribution < -0.4 is 4.73 Å². The number of hydrogen-bond acceptors (Lipinski definition) is 3. The van der Waals surface area contributed by atoms with E-state index in [1.807, 2.05) is 0 Å². The Bertz CT molecular complexity index is 227. The molecular formula is C7H9NO3. The predicted molar refractivity (Wildman–Crippen MR) is 37.2 cm³/mol. The van der Waals surface area contributed by atoms with Crippen molar-refractivity contribution in [1.29, 1.82) is 0 Å². The van der Waals surface area contributed by atoms with Gasteiger partial charge in [-0.1, -0.05) is 0 Å². The van der Waals surface area contributed by atoms with Gasteiger partial charge >= 0.3 is 0 Å². The maximum Gasteiger partial charge on any atom is 0.218 e. The average Bonchev–Trinajstić information content (AvgIpc) is 2.05. The summed E-state index contributed by atoms with van der Waals surface area (Å²) < 4.78 is 0.528. The van der Waals surface area contributed by atoms with Crippen molar-refractivity contribution in [3.8, 4) is 0 Å². The van der Waals surface area contributed by atoms with Crippen molar-refractivity contribution in [2.45, 2.75) is 13.2 Å². The number of aromatic nitrogens is 1. The van der Waals surface area contributed by atoms with Crippen molar-refractivity contribution in [3.05, 3.63) is 34.8 Å². The molecule has 0 aliphatic heterocycles. The van der Waals surface area contributed by atoms with Crippen LogP contribution in [0.4, 0.5) is 0 Å². The van der Waals surface area contributed by atoms with Gasteiger partial charge in [0.1, 0.15) is 13.2 Å². The van der Waals surface area contributed by atoms with Gasteiger partial charge in [-0.05, 0) is 6.07 Å². The first-order valence-corrected chi connectivity index (χ1v) is 3.21. The lowest BCUT2D eigenvalue weighted by Crippen LogP contribution is -2.36. The standard InChI is InChI=1S/C7H9NO3/c9-4-6-2-1-3-7(5-10)8(6)11/h1-3,9-10H,4-5H2. The van der Waals surface area contributed by atoms with E-state index in [0.29, 0.717) is 4.73 Å². The molecule has 0 fully saturated rings. The SMILES string of the molecule is [O-][n+]1c(CO)cccc1CO. The molecule has 0 spiro atoms. The number of rotatable bonds is 2. The highest BCUT2D eigenvalue weighted by Gasteiger charge is 2.07. The van der Waals surface area contributed by atoms with Gasteiger partial charge in [-0.2, -0.15) is 4.73 Å². The summed E-state index contributed by atoms with van der Waals surface area (Å²) in [6, 6.07) is 4.63. The first-order valence-electron chi connectivity index (χ1n) is 3.21. The summed E-state index contributed by atoms with van der Waals surface area (Å²) in [5.74, 6) is 0. The van der Waals surface area contributed by atoms with Gasteiger partial charge in [0.15, 0.2) is 0 Å². The number of pyridine rings is 1. The fraction of sp³-hybridized carbons (Fsp3) is 0.286. The number of aliphatic hydroxyl groups excluding tert-OH is 2. The quantitative estimate of drug-likeness (QED) is 0.438. The van der Waals surface area contributed by atoms with E-state index in [0.717, 1.165) is 0 Å². The normalized spacial score (nSPS) is 10.0. The highest BCUT2D eigenvalue weighted by molar-refractivity contribution is 5.02. The highest BCUT2D eigenvalue weighted by Crippen LogP contribution is 1.95. The van der Waals surface area contributed by atoms with Crippen molar-refractivity contribution in [2.24, 2.45) is 0 Å². The molecule has 0 atom stereocenters. The zero-order valence-corrected chi connectivity index (χ0v) is 5.90. The van der Waals surface area contributed by atoms with E-state index in [1.165, 1.54) is 12.1 Å². The van der Waals surface area contributed by atoms with E-state index in [1.54, 1.807) is 6.07 Å². The molecule has 0 bridgehead atoms. The van der Waals surface area contributed by atoms with Crippen LogP contribution in [0, 0.1) is 5.21 Å². The van der Waals surface area contributed by atoms with Crippen LogP contribution >= 0.6 is 0 Å². The molecule has 0 aromatic carbocycles. The lowest BCUT2D eigenvalue weighted by atomic mass is 10.3. The van der Waals surface area contributed by atoms with Crippen molar-refractivity contribution >= 4 is 0 Å². The van der Waals surface area contributed by atoms with Gasteiger partial charge in [0, 0.05) is 12.1 Å². The summed E-state index contributed by atoms with van der Waals surface area (Å²) >= 11 is 0. The smallest absolute Gasteiger partial charge is 0.218 e.